The first kappa shape index (κ1) is 8.97. The van der Waals surface area contributed by atoms with E-state index in [2.05, 4.69) is 5.32 Å². The van der Waals surface area contributed by atoms with Crippen molar-refractivity contribution in [3.8, 4) is 0 Å². The van der Waals surface area contributed by atoms with E-state index in [0.29, 0.717) is 19.4 Å². The molecule has 0 fully saturated rings. The van der Waals surface area contributed by atoms with Crippen molar-refractivity contribution in [2.45, 2.75) is 25.7 Å². The van der Waals surface area contributed by atoms with Gasteiger partial charge in [-0.2, -0.15) is 0 Å². The average Bonchev–Trinajstić information content (AvgIpc) is 2.05. The van der Waals surface area contributed by atoms with Crippen LogP contribution in [0.15, 0.2) is 11.6 Å². The number of rotatable bonds is 4. The van der Waals surface area contributed by atoms with E-state index < -0.39 is 0 Å². The summed E-state index contributed by atoms with van der Waals surface area (Å²) in [6, 6.07) is 0. The fourth-order valence-corrected chi connectivity index (χ4v) is 1.35. The molecule has 0 saturated carbocycles. The fraction of sp³-hybridized carbons (Fsp3) is 0.556. The highest BCUT2D eigenvalue weighted by Gasteiger charge is 2.08. The van der Waals surface area contributed by atoms with E-state index in [-0.39, 0.29) is 5.78 Å². The highest BCUT2D eigenvalue weighted by Crippen LogP contribution is 2.17. The molecule has 0 radical (unpaired) electrons. The molecule has 1 aliphatic rings. The minimum absolute atomic E-state index is 0.224. The average molecular weight is 167 g/mol. The van der Waals surface area contributed by atoms with Gasteiger partial charge in [-0.1, -0.05) is 5.57 Å². The second-order valence-corrected chi connectivity index (χ2v) is 2.94. The van der Waals surface area contributed by atoms with Crippen LogP contribution in [0.25, 0.3) is 0 Å². The smallest absolute Gasteiger partial charge is 0.207 e. The van der Waals surface area contributed by atoms with Gasteiger partial charge in [0, 0.05) is 13.0 Å². The first-order valence-electron chi connectivity index (χ1n) is 4.22. The van der Waals surface area contributed by atoms with Crippen molar-refractivity contribution in [3.05, 3.63) is 11.6 Å². The van der Waals surface area contributed by atoms with Crippen molar-refractivity contribution in [1.82, 2.24) is 5.32 Å². The van der Waals surface area contributed by atoms with Crippen LogP contribution in [0.2, 0.25) is 0 Å². The third-order valence-electron chi connectivity index (χ3n) is 1.96. The predicted molar refractivity (Wildman–Crippen MR) is 45.6 cm³/mol. The zero-order valence-corrected chi connectivity index (χ0v) is 7.01. The van der Waals surface area contributed by atoms with E-state index in [0.717, 1.165) is 19.3 Å². The van der Waals surface area contributed by atoms with Crippen LogP contribution in [-0.4, -0.2) is 18.7 Å². The minimum Gasteiger partial charge on any atom is -0.358 e. The summed E-state index contributed by atoms with van der Waals surface area (Å²) in [5.41, 5.74) is 1.17. The number of carbonyl (C=O) groups is 2. The number of hydrogen-bond donors (Lipinski definition) is 1. The summed E-state index contributed by atoms with van der Waals surface area (Å²) in [5, 5.41) is 2.58. The van der Waals surface area contributed by atoms with Crippen LogP contribution in [-0.2, 0) is 9.59 Å². The van der Waals surface area contributed by atoms with Gasteiger partial charge in [-0.05, 0) is 25.3 Å². The molecule has 1 rings (SSSR count). The summed E-state index contributed by atoms with van der Waals surface area (Å²) in [6.45, 7) is 0.641. The van der Waals surface area contributed by atoms with Crippen molar-refractivity contribution in [3.63, 3.8) is 0 Å². The van der Waals surface area contributed by atoms with Crippen LogP contribution in [0, 0.1) is 0 Å². The van der Waals surface area contributed by atoms with Gasteiger partial charge < -0.3 is 5.32 Å². The first-order valence-corrected chi connectivity index (χ1v) is 4.22. The second kappa shape index (κ2) is 4.70. The second-order valence-electron chi connectivity index (χ2n) is 2.94. The predicted octanol–water partition coefficient (Wildman–Crippen LogP) is 0.802. The maximum absolute atomic E-state index is 10.9. The molecule has 66 valence electrons. The van der Waals surface area contributed by atoms with E-state index in [1.165, 1.54) is 5.57 Å². The van der Waals surface area contributed by atoms with Crippen molar-refractivity contribution >= 4 is 12.2 Å². The molecular weight excluding hydrogens is 154 g/mol. The number of hydrogen-bond acceptors (Lipinski definition) is 2. The maximum Gasteiger partial charge on any atom is 0.207 e. The van der Waals surface area contributed by atoms with Crippen LogP contribution in [0.4, 0.5) is 0 Å². The topological polar surface area (TPSA) is 46.2 Å². The van der Waals surface area contributed by atoms with Gasteiger partial charge in [-0.25, -0.2) is 0 Å². The van der Waals surface area contributed by atoms with Gasteiger partial charge in [0.25, 0.3) is 0 Å². The zero-order chi connectivity index (χ0) is 8.81. The van der Waals surface area contributed by atoms with Gasteiger partial charge in [0.15, 0.2) is 5.78 Å². The maximum atomic E-state index is 10.9. The van der Waals surface area contributed by atoms with Gasteiger partial charge in [0.2, 0.25) is 6.41 Å². The van der Waals surface area contributed by atoms with Gasteiger partial charge in [0.05, 0.1) is 0 Å². The molecule has 0 unspecified atom stereocenters. The van der Waals surface area contributed by atoms with E-state index in [1.807, 2.05) is 0 Å². The van der Waals surface area contributed by atoms with Crippen molar-refractivity contribution in [2.75, 3.05) is 6.54 Å². The van der Waals surface area contributed by atoms with Gasteiger partial charge >= 0.3 is 0 Å². The molecule has 12 heavy (non-hydrogen) atoms. The van der Waals surface area contributed by atoms with Crippen LogP contribution < -0.4 is 5.32 Å². The molecule has 0 aromatic rings. The van der Waals surface area contributed by atoms with Crippen LogP contribution in [0.1, 0.15) is 25.7 Å². The normalized spacial score (nSPS) is 17.0. The molecule has 3 heteroatoms. The SMILES string of the molecule is O=CNCCC1=CC(=O)CCC1. The summed E-state index contributed by atoms with van der Waals surface area (Å²) in [7, 11) is 0. The number of ketones is 1. The summed E-state index contributed by atoms with van der Waals surface area (Å²) in [6.07, 6.45) is 5.87. The molecule has 0 heterocycles. The lowest BCUT2D eigenvalue weighted by Gasteiger charge is -2.10. The van der Waals surface area contributed by atoms with Crippen LogP contribution in [0.3, 0.4) is 0 Å². The monoisotopic (exact) mass is 167 g/mol. The largest absolute Gasteiger partial charge is 0.358 e. The Morgan fingerprint density at radius 1 is 1.50 bits per heavy atom. The molecular formula is C9H13NO2. The lowest BCUT2D eigenvalue weighted by molar-refractivity contribution is -0.115. The number of allylic oxidation sites excluding steroid dienone is 1. The first-order chi connectivity index (χ1) is 5.83. The molecule has 0 aromatic heterocycles. The highest BCUT2D eigenvalue weighted by atomic mass is 16.1. The molecule has 1 aliphatic carbocycles. The van der Waals surface area contributed by atoms with Crippen LogP contribution in [0.5, 0.6) is 0 Å². The van der Waals surface area contributed by atoms with E-state index in [9.17, 15) is 9.59 Å². The molecule has 0 aromatic carbocycles. The molecule has 1 N–H and O–H groups in total. The fourth-order valence-electron chi connectivity index (χ4n) is 1.35. The summed E-state index contributed by atoms with van der Waals surface area (Å²) >= 11 is 0. The lowest BCUT2D eigenvalue weighted by Crippen LogP contribution is -2.14. The summed E-state index contributed by atoms with van der Waals surface area (Å²) in [5.74, 6) is 0.224. The highest BCUT2D eigenvalue weighted by molar-refractivity contribution is 5.91. The molecule has 0 atom stereocenters. The zero-order valence-electron chi connectivity index (χ0n) is 7.01. The third-order valence-corrected chi connectivity index (χ3v) is 1.96. The van der Waals surface area contributed by atoms with Crippen molar-refractivity contribution < 1.29 is 9.59 Å². The van der Waals surface area contributed by atoms with E-state index in [4.69, 9.17) is 0 Å². The standard InChI is InChI=1S/C9H13NO2/c11-7-10-5-4-8-2-1-3-9(12)6-8/h6-7H,1-5H2,(H,10,11). The Balaban J connectivity index is 2.30. The molecule has 0 spiro atoms. The Hall–Kier alpha value is -1.12. The Morgan fingerprint density at radius 3 is 3.00 bits per heavy atom. The molecule has 0 saturated heterocycles. The summed E-state index contributed by atoms with van der Waals surface area (Å²) in [4.78, 5) is 20.9. The van der Waals surface area contributed by atoms with Gasteiger partial charge in [0.1, 0.15) is 0 Å². The third kappa shape index (κ3) is 2.86. The van der Waals surface area contributed by atoms with Crippen molar-refractivity contribution in [1.29, 1.82) is 0 Å². The Bertz CT molecular complexity index is 209. The number of nitrogens with one attached hydrogen (secondary N) is 1. The molecule has 0 aliphatic heterocycles. The number of amides is 1. The van der Waals surface area contributed by atoms with Gasteiger partial charge in [-0.15, -0.1) is 0 Å². The molecule has 0 bridgehead atoms. The lowest BCUT2D eigenvalue weighted by atomic mass is 9.96. The summed E-state index contributed by atoms with van der Waals surface area (Å²) < 4.78 is 0. The van der Waals surface area contributed by atoms with Crippen LogP contribution >= 0.6 is 0 Å². The molecule has 3 nitrogen and oxygen atoms in total. The Labute approximate surface area is 71.8 Å². The quantitative estimate of drug-likeness (QED) is 0.497. The number of carbonyl (C=O) groups excluding carboxylic acids is 2. The Morgan fingerprint density at radius 2 is 2.33 bits per heavy atom. The van der Waals surface area contributed by atoms with E-state index in [1.54, 1.807) is 6.08 Å². The minimum atomic E-state index is 0.224. The van der Waals surface area contributed by atoms with E-state index >= 15 is 0 Å². The van der Waals surface area contributed by atoms with Gasteiger partial charge in [-0.3, -0.25) is 9.59 Å². The molecule has 1 amide bonds. The Kier molecular flexibility index (Phi) is 3.51. The van der Waals surface area contributed by atoms with Crippen molar-refractivity contribution in [2.24, 2.45) is 0 Å².